The van der Waals surface area contributed by atoms with Gasteiger partial charge in [-0.25, -0.2) is 9.69 Å². The number of hydrogen-bond donors (Lipinski definition) is 1. The monoisotopic (exact) mass is 478 g/mol. The molecule has 1 heterocycles. The van der Waals surface area contributed by atoms with Crippen LogP contribution in [0.15, 0.2) is 48.2 Å². The lowest BCUT2D eigenvalue weighted by Gasteiger charge is -2.16. The van der Waals surface area contributed by atoms with E-state index in [0.717, 1.165) is 14.0 Å². The molecule has 0 aliphatic carbocycles. The number of halogens is 1. The van der Waals surface area contributed by atoms with Gasteiger partial charge in [0.2, 0.25) is 0 Å². The summed E-state index contributed by atoms with van der Waals surface area (Å²) in [6.07, 6.45) is 1.64. The molecule has 140 valence electrons. The molecule has 0 atom stereocenters. The van der Waals surface area contributed by atoms with Gasteiger partial charge >= 0.3 is 6.03 Å². The minimum atomic E-state index is -0.473. The number of carbonyl (C=O) groups is 2. The van der Waals surface area contributed by atoms with Crippen molar-refractivity contribution in [3.05, 3.63) is 57.3 Å². The van der Waals surface area contributed by atoms with E-state index in [1.807, 2.05) is 26.0 Å². The van der Waals surface area contributed by atoms with Crippen LogP contribution in [0.4, 0.5) is 10.5 Å². The van der Waals surface area contributed by atoms with Crippen LogP contribution < -0.4 is 19.7 Å². The van der Waals surface area contributed by atoms with Crippen molar-refractivity contribution in [1.29, 1.82) is 0 Å². The summed E-state index contributed by atoms with van der Waals surface area (Å²) in [6.45, 7) is 3.88. The molecule has 1 N–H and O–H groups in total. The highest BCUT2D eigenvalue weighted by Crippen LogP contribution is 2.35. The number of urea groups is 1. The molecular weight excluding hydrogens is 459 g/mol. The normalized spacial score (nSPS) is 15.4. The van der Waals surface area contributed by atoms with Gasteiger partial charge in [0.15, 0.2) is 11.5 Å². The Morgan fingerprint density at radius 2 is 1.85 bits per heavy atom. The van der Waals surface area contributed by atoms with Crippen molar-refractivity contribution in [2.24, 2.45) is 0 Å². The smallest absolute Gasteiger partial charge is 0.333 e. The summed E-state index contributed by atoms with van der Waals surface area (Å²) in [7, 11) is 1.56. The van der Waals surface area contributed by atoms with E-state index in [1.54, 1.807) is 43.5 Å². The number of ether oxygens (including phenoxy) is 2. The number of methoxy groups -OCH3 is 1. The van der Waals surface area contributed by atoms with Crippen LogP contribution in [0.5, 0.6) is 11.5 Å². The Balaban J connectivity index is 1.94. The van der Waals surface area contributed by atoms with Gasteiger partial charge in [-0.15, -0.1) is 0 Å². The highest BCUT2D eigenvalue weighted by atomic mass is 127. The second-order valence-corrected chi connectivity index (χ2v) is 7.33. The van der Waals surface area contributed by atoms with Crippen molar-refractivity contribution in [1.82, 2.24) is 5.32 Å². The molecular formula is C20H19IN2O4. The molecule has 2 aromatic carbocycles. The fourth-order valence-corrected chi connectivity index (χ4v) is 3.44. The first-order valence-electron chi connectivity index (χ1n) is 8.37. The molecule has 3 amide bonds. The number of hydrogen-bond acceptors (Lipinski definition) is 4. The standard InChI is InChI=1S/C20H19IN2O4/c1-12(2)27-18-15(21)9-13(11-17(18)26-3)10-16-19(24)23(20(25)22-16)14-7-5-4-6-8-14/h4-12H,1-3H3,(H,22,25). The van der Waals surface area contributed by atoms with Crippen LogP contribution in [-0.2, 0) is 4.79 Å². The summed E-state index contributed by atoms with van der Waals surface area (Å²) in [4.78, 5) is 26.1. The lowest BCUT2D eigenvalue weighted by molar-refractivity contribution is -0.113. The largest absolute Gasteiger partial charge is 0.493 e. The zero-order chi connectivity index (χ0) is 19.6. The van der Waals surface area contributed by atoms with Crippen LogP contribution in [0.3, 0.4) is 0 Å². The van der Waals surface area contributed by atoms with Gasteiger partial charge in [-0.1, -0.05) is 18.2 Å². The van der Waals surface area contributed by atoms with Crippen LogP contribution in [0.25, 0.3) is 6.08 Å². The molecule has 1 saturated heterocycles. The molecule has 0 bridgehead atoms. The number of imide groups is 1. The van der Waals surface area contributed by atoms with Gasteiger partial charge in [0.25, 0.3) is 5.91 Å². The van der Waals surface area contributed by atoms with Crippen LogP contribution in [0.2, 0.25) is 0 Å². The Kier molecular flexibility index (Phi) is 5.69. The van der Waals surface area contributed by atoms with Crippen LogP contribution >= 0.6 is 22.6 Å². The third-order valence-corrected chi connectivity index (χ3v) is 4.61. The van der Waals surface area contributed by atoms with Crippen LogP contribution in [0, 0.1) is 3.57 Å². The topological polar surface area (TPSA) is 67.9 Å². The van der Waals surface area contributed by atoms with Gasteiger partial charge in [-0.2, -0.15) is 0 Å². The van der Waals surface area contributed by atoms with E-state index in [2.05, 4.69) is 27.9 Å². The molecule has 1 aliphatic heterocycles. The molecule has 6 nitrogen and oxygen atoms in total. The summed E-state index contributed by atoms with van der Waals surface area (Å²) in [5.74, 6) is 0.824. The number of rotatable bonds is 5. The number of anilines is 1. The summed E-state index contributed by atoms with van der Waals surface area (Å²) >= 11 is 2.16. The van der Waals surface area contributed by atoms with Crippen molar-refractivity contribution in [3.8, 4) is 11.5 Å². The zero-order valence-electron chi connectivity index (χ0n) is 15.2. The van der Waals surface area contributed by atoms with Gasteiger partial charge in [0, 0.05) is 0 Å². The highest BCUT2D eigenvalue weighted by Gasteiger charge is 2.34. The van der Waals surface area contributed by atoms with E-state index in [4.69, 9.17) is 9.47 Å². The maximum absolute atomic E-state index is 12.7. The average molecular weight is 478 g/mol. The molecule has 0 unspecified atom stereocenters. The van der Waals surface area contributed by atoms with E-state index in [1.165, 1.54) is 0 Å². The number of nitrogens with one attached hydrogen (secondary N) is 1. The maximum Gasteiger partial charge on any atom is 0.333 e. The van der Waals surface area contributed by atoms with E-state index in [-0.39, 0.29) is 11.8 Å². The molecule has 1 aliphatic rings. The fourth-order valence-electron chi connectivity index (χ4n) is 2.69. The molecule has 2 aromatic rings. The summed E-state index contributed by atoms with van der Waals surface area (Å²) in [6, 6.07) is 12.0. The first-order valence-corrected chi connectivity index (χ1v) is 9.45. The Morgan fingerprint density at radius 3 is 2.48 bits per heavy atom. The van der Waals surface area contributed by atoms with Crippen LogP contribution in [-0.4, -0.2) is 25.2 Å². The predicted molar refractivity (Wildman–Crippen MR) is 112 cm³/mol. The van der Waals surface area contributed by atoms with Gasteiger partial charge in [-0.05, 0) is 72.3 Å². The Bertz CT molecular complexity index is 910. The van der Waals surface area contributed by atoms with Crippen molar-refractivity contribution >= 4 is 46.3 Å². The molecule has 3 rings (SSSR count). The van der Waals surface area contributed by atoms with Gasteiger partial charge in [0.05, 0.1) is 22.5 Å². The van der Waals surface area contributed by atoms with E-state index < -0.39 is 11.9 Å². The summed E-state index contributed by atoms with van der Waals surface area (Å²) in [5.41, 5.74) is 1.46. The summed E-state index contributed by atoms with van der Waals surface area (Å²) < 4.78 is 12.1. The molecule has 0 spiro atoms. The quantitative estimate of drug-likeness (QED) is 0.398. The van der Waals surface area contributed by atoms with E-state index in [0.29, 0.717) is 17.2 Å². The predicted octanol–water partition coefficient (Wildman–Crippen LogP) is 4.18. The van der Waals surface area contributed by atoms with Crippen LogP contribution in [0.1, 0.15) is 19.4 Å². The number of benzene rings is 2. The van der Waals surface area contributed by atoms with Crippen molar-refractivity contribution in [2.45, 2.75) is 20.0 Å². The Hall–Kier alpha value is -2.55. The number of para-hydroxylation sites is 1. The lowest BCUT2D eigenvalue weighted by Crippen LogP contribution is -2.30. The molecule has 0 aromatic heterocycles. The Morgan fingerprint density at radius 1 is 1.15 bits per heavy atom. The van der Waals surface area contributed by atoms with Crippen molar-refractivity contribution in [3.63, 3.8) is 0 Å². The number of nitrogens with zero attached hydrogens (tertiary/aromatic N) is 1. The maximum atomic E-state index is 12.7. The minimum absolute atomic E-state index is 0.00625. The highest BCUT2D eigenvalue weighted by molar-refractivity contribution is 14.1. The molecule has 7 heteroatoms. The first kappa shape index (κ1) is 19.2. The fraction of sp³-hybridized carbons (Fsp3) is 0.200. The minimum Gasteiger partial charge on any atom is -0.493 e. The summed E-state index contributed by atoms with van der Waals surface area (Å²) in [5, 5.41) is 2.63. The number of carbonyl (C=O) groups excluding carboxylic acids is 2. The van der Waals surface area contributed by atoms with Gasteiger partial charge < -0.3 is 14.8 Å². The van der Waals surface area contributed by atoms with E-state index in [9.17, 15) is 9.59 Å². The number of amides is 3. The van der Waals surface area contributed by atoms with Crippen molar-refractivity contribution in [2.75, 3.05) is 12.0 Å². The second-order valence-electron chi connectivity index (χ2n) is 6.16. The first-order chi connectivity index (χ1) is 12.9. The van der Waals surface area contributed by atoms with E-state index >= 15 is 0 Å². The van der Waals surface area contributed by atoms with Gasteiger partial charge in [0.1, 0.15) is 5.70 Å². The Labute approximate surface area is 171 Å². The third kappa shape index (κ3) is 4.08. The SMILES string of the molecule is COc1cc(C=C2NC(=O)N(c3ccccc3)C2=O)cc(I)c1OC(C)C. The third-order valence-electron chi connectivity index (χ3n) is 3.81. The second kappa shape index (κ2) is 7.99. The average Bonchev–Trinajstić information content (AvgIpc) is 2.91. The molecule has 0 saturated carbocycles. The van der Waals surface area contributed by atoms with Gasteiger partial charge in [-0.3, -0.25) is 4.79 Å². The molecule has 0 radical (unpaired) electrons. The zero-order valence-corrected chi connectivity index (χ0v) is 17.3. The lowest BCUT2D eigenvalue weighted by atomic mass is 10.1. The molecule has 27 heavy (non-hydrogen) atoms. The molecule has 1 fully saturated rings. The van der Waals surface area contributed by atoms with Crippen molar-refractivity contribution < 1.29 is 19.1 Å².